The van der Waals surface area contributed by atoms with Gasteiger partial charge in [0.05, 0.1) is 23.9 Å². The fraction of sp³-hybridized carbons (Fsp3) is 0.533. The highest BCUT2D eigenvalue weighted by Gasteiger charge is 2.46. The van der Waals surface area contributed by atoms with Crippen LogP contribution in [0.2, 0.25) is 0 Å². The number of rotatable bonds is 3. The molecule has 21 heavy (non-hydrogen) atoms. The smallest absolute Gasteiger partial charge is 0.175 e. The molecule has 0 aromatic heterocycles. The van der Waals surface area contributed by atoms with E-state index in [1.807, 2.05) is 18.2 Å². The molecule has 2 fully saturated rings. The van der Waals surface area contributed by atoms with Crippen LogP contribution in [0.5, 0.6) is 11.5 Å². The predicted molar refractivity (Wildman–Crippen MR) is 83.6 cm³/mol. The molecule has 1 aliphatic heterocycles. The van der Waals surface area contributed by atoms with Gasteiger partial charge in [-0.15, -0.1) is 0 Å². The molecule has 1 aromatic rings. The molecule has 1 atom stereocenters. The van der Waals surface area contributed by atoms with Gasteiger partial charge in [0, 0.05) is 19.3 Å². The Morgan fingerprint density at radius 2 is 2.10 bits per heavy atom. The molecule has 1 heterocycles. The lowest BCUT2D eigenvalue weighted by atomic mass is 9.90. The standard InChI is InChI=1S/C15H17IO5/c1-18-12-4-2-3-10(16)14(12)21-13-9-15(6-5-11(13)17)19-7-8-20-15/h2-4,13H,5-9H2,1H3/t13-/m0/s1. The van der Waals surface area contributed by atoms with Gasteiger partial charge in [-0.1, -0.05) is 6.07 Å². The van der Waals surface area contributed by atoms with Crippen LogP contribution in [0, 0.1) is 3.57 Å². The fourth-order valence-corrected chi connectivity index (χ4v) is 3.35. The topological polar surface area (TPSA) is 54.0 Å². The van der Waals surface area contributed by atoms with E-state index < -0.39 is 11.9 Å². The second kappa shape index (κ2) is 6.10. The normalized spacial score (nSPS) is 24.3. The van der Waals surface area contributed by atoms with E-state index in [4.69, 9.17) is 18.9 Å². The predicted octanol–water partition coefficient (Wildman–Crippen LogP) is 2.54. The molecule has 0 amide bonds. The lowest BCUT2D eigenvalue weighted by Crippen LogP contribution is -2.45. The summed E-state index contributed by atoms with van der Waals surface area (Å²) in [6.45, 7) is 1.15. The molecular formula is C15H17IO5. The number of ether oxygens (including phenoxy) is 4. The maximum atomic E-state index is 12.2. The van der Waals surface area contributed by atoms with Crippen LogP contribution in [0.3, 0.4) is 0 Å². The number of benzene rings is 1. The highest BCUT2D eigenvalue weighted by atomic mass is 127. The van der Waals surface area contributed by atoms with E-state index in [0.29, 0.717) is 44.0 Å². The van der Waals surface area contributed by atoms with Crippen LogP contribution >= 0.6 is 22.6 Å². The average Bonchev–Trinajstić information content (AvgIpc) is 2.93. The van der Waals surface area contributed by atoms with Gasteiger partial charge in [-0.3, -0.25) is 4.79 Å². The van der Waals surface area contributed by atoms with Crippen molar-refractivity contribution in [1.82, 2.24) is 0 Å². The number of ketones is 1. The minimum atomic E-state index is -0.647. The van der Waals surface area contributed by atoms with E-state index in [-0.39, 0.29) is 5.78 Å². The summed E-state index contributed by atoms with van der Waals surface area (Å²) in [5, 5.41) is 0. The van der Waals surface area contributed by atoms with Gasteiger partial charge in [0.1, 0.15) is 0 Å². The van der Waals surface area contributed by atoms with Crippen molar-refractivity contribution in [3.8, 4) is 11.5 Å². The van der Waals surface area contributed by atoms with Crippen LogP contribution in [0.4, 0.5) is 0 Å². The molecule has 1 saturated carbocycles. The third kappa shape index (κ3) is 3.02. The van der Waals surface area contributed by atoms with Gasteiger partial charge in [-0.2, -0.15) is 0 Å². The minimum Gasteiger partial charge on any atom is -0.493 e. The van der Waals surface area contributed by atoms with Crippen LogP contribution in [0.1, 0.15) is 19.3 Å². The molecule has 0 bridgehead atoms. The summed E-state index contributed by atoms with van der Waals surface area (Å²) in [5.41, 5.74) is 0. The number of hydrogen-bond acceptors (Lipinski definition) is 5. The van der Waals surface area contributed by atoms with Crippen molar-refractivity contribution in [3.05, 3.63) is 21.8 Å². The van der Waals surface area contributed by atoms with E-state index in [2.05, 4.69) is 22.6 Å². The molecule has 0 radical (unpaired) electrons. The summed E-state index contributed by atoms with van der Waals surface area (Å²) < 4.78 is 23.6. The number of halogens is 1. The lowest BCUT2D eigenvalue weighted by molar-refractivity contribution is -0.194. The van der Waals surface area contributed by atoms with E-state index in [1.165, 1.54) is 0 Å². The van der Waals surface area contributed by atoms with Crippen LogP contribution in [-0.2, 0) is 14.3 Å². The van der Waals surface area contributed by atoms with Crippen molar-refractivity contribution in [2.45, 2.75) is 31.2 Å². The second-order valence-corrected chi connectivity index (χ2v) is 6.32. The SMILES string of the molecule is COc1cccc(I)c1O[C@H]1CC2(CCC1=O)OCCO2. The maximum absolute atomic E-state index is 12.2. The number of hydrogen-bond donors (Lipinski definition) is 0. The Balaban J connectivity index is 1.81. The highest BCUT2D eigenvalue weighted by Crippen LogP contribution is 2.39. The summed E-state index contributed by atoms with van der Waals surface area (Å²) in [6.07, 6.45) is 0.895. The van der Waals surface area contributed by atoms with E-state index in [1.54, 1.807) is 7.11 Å². The van der Waals surface area contributed by atoms with Gasteiger partial charge < -0.3 is 18.9 Å². The summed E-state index contributed by atoms with van der Waals surface area (Å²) in [4.78, 5) is 12.2. The quantitative estimate of drug-likeness (QED) is 0.725. The van der Waals surface area contributed by atoms with Gasteiger partial charge in [0.25, 0.3) is 0 Å². The van der Waals surface area contributed by atoms with E-state index in [0.717, 1.165) is 3.57 Å². The molecule has 1 saturated heterocycles. The number of carbonyl (C=O) groups excluding carboxylic acids is 1. The summed E-state index contributed by atoms with van der Waals surface area (Å²) in [6, 6.07) is 5.63. The molecule has 1 aliphatic carbocycles. The van der Waals surface area contributed by atoms with Crippen molar-refractivity contribution in [2.24, 2.45) is 0 Å². The zero-order valence-corrected chi connectivity index (χ0v) is 13.9. The van der Waals surface area contributed by atoms with Crippen molar-refractivity contribution in [3.63, 3.8) is 0 Å². The minimum absolute atomic E-state index is 0.0847. The summed E-state index contributed by atoms with van der Waals surface area (Å²) >= 11 is 2.17. The molecule has 5 nitrogen and oxygen atoms in total. The first kappa shape index (κ1) is 15.1. The molecule has 0 N–H and O–H groups in total. The Hall–Kier alpha value is -0.860. The van der Waals surface area contributed by atoms with Gasteiger partial charge >= 0.3 is 0 Å². The lowest BCUT2D eigenvalue weighted by Gasteiger charge is -2.35. The maximum Gasteiger partial charge on any atom is 0.175 e. The zero-order chi connectivity index (χ0) is 14.9. The molecule has 114 valence electrons. The number of methoxy groups -OCH3 is 1. The monoisotopic (exact) mass is 404 g/mol. The van der Waals surface area contributed by atoms with Gasteiger partial charge in [-0.25, -0.2) is 0 Å². The molecular weight excluding hydrogens is 387 g/mol. The fourth-order valence-electron chi connectivity index (χ4n) is 2.75. The Bertz CT molecular complexity index is 539. The first-order valence-corrected chi connectivity index (χ1v) is 8.01. The largest absolute Gasteiger partial charge is 0.493 e. The first-order chi connectivity index (χ1) is 10.1. The number of Topliss-reactive ketones (excluding diaryl/α,β-unsaturated/α-hetero) is 1. The van der Waals surface area contributed by atoms with Crippen LogP contribution in [0.15, 0.2) is 18.2 Å². The third-order valence-electron chi connectivity index (χ3n) is 3.83. The molecule has 6 heteroatoms. The number of para-hydroxylation sites is 1. The van der Waals surface area contributed by atoms with E-state index in [9.17, 15) is 4.79 Å². The van der Waals surface area contributed by atoms with Crippen LogP contribution in [0.25, 0.3) is 0 Å². The summed E-state index contributed by atoms with van der Waals surface area (Å²) in [7, 11) is 1.59. The molecule has 3 rings (SSSR count). The van der Waals surface area contributed by atoms with E-state index >= 15 is 0 Å². The Labute approximate surface area is 137 Å². The summed E-state index contributed by atoms with van der Waals surface area (Å²) in [5.74, 6) is 0.671. The van der Waals surface area contributed by atoms with Crippen molar-refractivity contribution in [2.75, 3.05) is 20.3 Å². The van der Waals surface area contributed by atoms with Crippen molar-refractivity contribution < 1.29 is 23.7 Å². The second-order valence-electron chi connectivity index (χ2n) is 5.16. The van der Waals surface area contributed by atoms with Crippen molar-refractivity contribution in [1.29, 1.82) is 0 Å². The van der Waals surface area contributed by atoms with Gasteiger partial charge in [0.15, 0.2) is 29.2 Å². The molecule has 0 unspecified atom stereocenters. The molecule has 1 aromatic carbocycles. The molecule has 1 spiro atoms. The van der Waals surface area contributed by atoms with Gasteiger partial charge in [-0.05, 0) is 34.7 Å². The van der Waals surface area contributed by atoms with Gasteiger partial charge in [0.2, 0.25) is 0 Å². The molecule has 2 aliphatic rings. The highest BCUT2D eigenvalue weighted by molar-refractivity contribution is 14.1. The Morgan fingerprint density at radius 3 is 2.81 bits per heavy atom. The third-order valence-corrected chi connectivity index (χ3v) is 4.68. The van der Waals surface area contributed by atoms with Crippen molar-refractivity contribution >= 4 is 28.4 Å². The zero-order valence-electron chi connectivity index (χ0n) is 11.8. The van der Waals surface area contributed by atoms with Crippen LogP contribution in [-0.4, -0.2) is 38.0 Å². The number of carbonyl (C=O) groups is 1. The first-order valence-electron chi connectivity index (χ1n) is 6.93. The van der Waals surface area contributed by atoms with Crippen LogP contribution < -0.4 is 9.47 Å². The average molecular weight is 404 g/mol. The Morgan fingerprint density at radius 1 is 1.33 bits per heavy atom. The Kier molecular flexibility index (Phi) is 4.37.